The lowest BCUT2D eigenvalue weighted by atomic mass is 10.2. The van der Waals surface area contributed by atoms with Gasteiger partial charge in [-0.3, -0.25) is 9.98 Å². The second kappa shape index (κ2) is 7.77. The predicted octanol–water partition coefficient (Wildman–Crippen LogP) is 2.00. The molecule has 0 aliphatic heterocycles. The molecule has 0 radical (unpaired) electrons. The number of hydrogen-bond acceptors (Lipinski definition) is 3. The third kappa shape index (κ3) is 4.33. The lowest BCUT2D eigenvalue weighted by molar-refractivity contribution is 0.262. The van der Waals surface area contributed by atoms with Crippen molar-refractivity contribution in [2.75, 3.05) is 24.7 Å². The van der Waals surface area contributed by atoms with E-state index in [0.29, 0.717) is 23.0 Å². The molecule has 0 bridgehead atoms. The van der Waals surface area contributed by atoms with Crippen LogP contribution in [0.2, 0.25) is 0 Å². The maximum absolute atomic E-state index is 12.0. The first kappa shape index (κ1) is 17.0. The molecule has 0 aliphatic carbocycles. The highest BCUT2D eigenvalue weighted by molar-refractivity contribution is 6.02. The summed E-state index contributed by atoms with van der Waals surface area (Å²) in [5.74, 6) is 0.891. The van der Waals surface area contributed by atoms with Crippen LogP contribution in [0.15, 0.2) is 58.5 Å². The van der Waals surface area contributed by atoms with Gasteiger partial charge in [-0.15, -0.1) is 0 Å². The minimum absolute atomic E-state index is 0.343. The summed E-state index contributed by atoms with van der Waals surface area (Å²) in [7, 11) is 3.25. The topological polar surface area (TPSA) is 118 Å². The van der Waals surface area contributed by atoms with Crippen LogP contribution >= 0.6 is 0 Å². The molecule has 2 aromatic carbocycles. The summed E-state index contributed by atoms with van der Waals surface area (Å²) < 4.78 is 0. The van der Waals surface area contributed by atoms with Crippen LogP contribution < -0.4 is 22.1 Å². The Morgan fingerprint density at radius 3 is 1.38 bits per heavy atom. The first-order valence-corrected chi connectivity index (χ1v) is 7.27. The molecule has 2 amide bonds. The van der Waals surface area contributed by atoms with Gasteiger partial charge in [-0.25, -0.2) is 4.79 Å². The monoisotopic (exact) mass is 324 g/mol. The van der Waals surface area contributed by atoms with Crippen LogP contribution in [0.3, 0.4) is 0 Å². The summed E-state index contributed by atoms with van der Waals surface area (Å²) in [5, 5.41) is 5.49. The van der Waals surface area contributed by atoms with E-state index in [0.717, 1.165) is 11.1 Å². The number of nitrogens with one attached hydrogen (secondary N) is 2. The molecule has 0 heterocycles. The molecule has 7 heteroatoms. The van der Waals surface area contributed by atoms with Gasteiger partial charge in [0.05, 0.1) is 0 Å². The minimum atomic E-state index is -0.343. The van der Waals surface area contributed by atoms with Gasteiger partial charge in [0.15, 0.2) is 0 Å². The molecule has 24 heavy (non-hydrogen) atoms. The van der Waals surface area contributed by atoms with Crippen molar-refractivity contribution in [2.24, 2.45) is 21.5 Å². The summed E-state index contributed by atoms with van der Waals surface area (Å²) >= 11 is 0. The number of benzene rings is 2. The predicted molar refractivity (Wildman–Crippen MR) is 98.8 cm³/mol. The van der Waals surface area contributed by atoms with Gasteiger partial charge < -0.3 is 22.1 Å². The maximum atomic E-state index is 12.0. The molecule has 2 aromatic rings. The van der Waals surface area contributed by atoms with E-state index >= 15 is 0 Å². The number of amidine groups is 2. The molecule has 7 nitrogen and oxygen atoms in total. The van der Waals surface area contributed by atoms with Crippen molar-refractivity contribution in [1.29, 1.82) is 0 Å². The van der Waals surface area contributed by atoms with Crippen molar-refractivity contribution in [1.82, 2.24) is 0 Å². The Labute approximate surface area is 140 Å². The Bertz CT molecular complexity index is 697. The molecule has 124 valence electrons. The van der Waals surface area contributed by atoms with Gasteiger partial charge in [-0.1, -0.05) is 0 Å². The molecule has 0 saturated carbocycles. The van der Waals surface area contributed by atoms with E-state index in [9.17, 15) is 4.79 Å². The number of aliphatic imine (C=N–C) groups is 2. The number of nitrogens with two attached hydrogens (primary N) is 2. The number of nitrogens with zero attached hydrogens (tertiary/aromatic N) is 2. The van der Waals surface area contributed by atoms with Crippen molar-refractivity contribution in [2.45, 2.75) is 0 Å². The molecule has 0 saturated heterocycles. The third-order valence-electron chi connectivity index (χ3n) is 3.36. The van der Waals surface area contributed by atoms with Crippen LogP contribution in [-0.4, -0.2) is 31.8 Å². The van der Waals surface area contributed by atoms with E-state index < -0.39 is 0 Å². The smallest absolute Gasteiger partial charge is 0.323 e. The van der Waals surface area contributed by atoms with Gasteiger partial charge in [0.25, 0.3) is 0 Å². The standard InChI is InChI=1S/C17H20N6O/c1-20-15(18)11-3-7-13(8-4-11)22-17(24)23-14-9-5-12(6-10-14)16(19)21-2/h3-10H,1-2H3,(H2,18,20)(H2,19,21)(H2,22,23,24). The zero-order chi connectivity index (χ0) is 17.5. The van der Waals surface area contributed by atoms with Crippen molar-refractivity contribution < 1.29 is 4.79 Å². The maximum Gasteiger partial charge on any atom is 0.323 e. The summed E-state index contributed by atoms with van der Waals surface area (Å²) in [6, 6.07) is 13.9. The number of hydrogen-bond donors (Lipinski definition) is 4. The van der Waals surface area contributed by atoms with Gasteiger partial charge in [0, 0.05) is 36.6 Å². The third-order valence-corrected chi connectivity index (χ3v) is 3.36. The SMILES string of the molecule is CN=C(N)c1ccc(NC(=O)Nc2ccc(C(N)=NC)cc2)cc1. The van der Waals surface area contributed by atoms with Crippen LogP contribution in [-0.2, 0) is 0 Å². The van der Waals surface area contributed by atoms with Gasteiger partial charge in [0.2, 0.25) is 0 Å². The van der Waals surface area contributed by atoms with E-state index in [4.69, 9.17) is 11.5 Å². The highest BCUT2D eigenvalue weighted by Crippen LogP contribution is 2.12. The van der Waals surface area contributed by atoms with E-state index in [1.165, 1.54) is 0 Å². The fourth-order valence-corrected chi connectivity index (χ4v) is 2.00. The average Bonchev–Trinajstić information content (AvgIpc) is 2.61. The first-order valence-electron chi connectivity index (χ1n) is 7.27. The van der Waals surface area contributed by atoms with Crippen LogP contribution in [0, 0.1) is 0 Å². The Balaban J connectivity index is 1.98. The Morgan fingerprint density at radius 2 is 1.08 bits per heavy atom. The number of anilines is 2. The fourth-order valence-electron chi connectivity index (χ4n) is 2.00. The van der Waals surface area contributed by atoms with Crippen LogP contribution in [0.25, 0.3) is 0 Å². The van der Waals surface area contributed by atoms with E-state index in [1.807, 2.05) is 0 Å². The van der Waals surface area contributed by atoms with Crippen LogP contribution in [0.4, 0.5) is 16.2 Å². The molecule has 0 atom stereocenters. The quantitative estimate of drug-likeness (QED) is 0.509. The Morgan fingerprint density at radius 1 is 0.750 bits per heavy atom. The van der Waals surface area contributed by atoms with E-state index in [-0.39, 0.29) is 6.03 Å². The van der Waals surface area contributed by atoms with Crippen LogP contribution in [0.1, 0.15) is 11.1 Å². The summed E-state index contributed by atoms with van der Waals surface area (Å²) in [6.45, 7) is 0. The lowest BCUT2D eigenvalue weighted by Crippen LogP contribution is -2.20. The average molecular weight is 324 g/mol. The molecule has 0 spiro atoms. The Kier molecular flexibility index (Phi) is 5.51. The molecule has 6 N–H and O–H groups in total. The summed E-state index contributed by atoms with van der Waals surface area (Å²) in [5.41, 5.74) is 14.4. The zero-order valence-corrected chi connectivity index (χ0v) is 13.6. The molecule has 0 unspecified atom stereocenters. The molecule has 0 fully saturated rings. The minimum Gasteiger partial charge on any atom is -0.384 e. The number of amides is 2. The highest BCUT2D eigenvalue weighted by atomic mass is 16.2. The highest BCUT2D eigenvalue weighted by Gasteiger charge is 2.04. The van der Waals surface area contributed by atoms with Gasteiger partial charge >= 0.3 is 6.03 Å². The second-order valence-electron chi connectivity index (χ2n) is 4.95. The number of rotatable bonds is 4. The normalized spacial score (nSPS) is 11.9. The molecule has 0 aromatic heterocycles. The molecule has 2 rings (SSSR count). The largest absolute Gasteiger partial charge is 0.384 e. The van der Waals surface area contributed by atoms with E-state index in [1.54, 1.807) is 62.6 Å². The molecular weight excluding hydrogens is 304 g/mol. The fraction of sp³-hybridized carbons (Fsp3) is 0.118. The first-order chi connectivity index (χ1) is 11.5. The van der Waals surface area contributed by atoms with Gasteiger partial charge in [0.1, 0.15) is 11.7 Å². The van der Waals surface area contributed by atoms with E-state index in [2.05, 4.69) is 20.6 Å². The van der Waals surface area contributed by atoms with Crippen molar-refractivity contribution in [3.05, 3.63) is 59.7 Å². The zero-order valence-electron chi connectivity index (χ0n) is 13.6. The second-order valence-corrected chi connectivity index (χ2v) is 4.95. The van der Waals surface area contributed by atoms with Gasteiger partial charge in [-0.2, -0.15) is 0 Å². The number of urea groups is 1. The van der Waals surface area contributed by atoms with Crippen LogP contribution in [0.5, 0.6) is 0 Å². The summed E-state index contributed by atoms with van der Waals surface area (Å²) in [4.78, 5) is 19.8. The van der Waals surface area contributed by atoms with Crippen molar-refractivity contribution in [3.63, 3.8) is 0 Å². The van der Waals surface area contributed by atoms with Crippen molar-refractivity contribution >= 4 is 29.1 Å². The lowest BCUT2D eigenvalue weighted by Gasteiger charge is -2.09. The molecule has 0 aliphatic rings. The van der Waals surface area contributed by atoms with Crippen molar-refractivity contribution in [3.8, 4) is 0 Å². The number of carbonyl (C=O) groups excluding carboxylic acids is 1. The van der Waals surface area contributed by atoms with Gasteiger partial charge in [-0.05, 0) is 48.5 Å². The molecular formula is C17H20N6O. The Hall–Kier alpha value is -3.35. The number of carbonyl (C=O) groups is 1. The summed E-state index contributed by atoms with van der Waals surface area (Å²) in [6.07, 6.45) is 0.